The van der Waals surface area contributed by atoms with Gasteiger partial charge in [-0.3, -0.25) is 14.4 Å². The third-order valence-corrected chi connectivity index (χ3v) is 4.86. The molecule has 8 heteroatoms. The fourth-order valence-corrected chi connectivity index (χ4v) is 3.25. The molecular weight excluding hydrogens is 448 g/mol. The summed E-state index contributed by atoms with van der Waals surface area (Å²) >= 11 is 0. The number of anilines is 1. The average molecular weight is 477 g/mol. The van der Waals surface area contributed by atoms with Gasteiger partial charge in [-0.2, -0.15) is 0 Å². The van der Waals surface area contributed by atoms with Crippen LogP contribution in [0, 0.1) is 0 Å². The SMILES string of the molecule is CCOc1ccc(C(=O)NCC(=O)OC(C(=O)Nc2ccccc2OCC)c2ccccc2)cc1. The van der Waals surface area contributed by atoms with Crippen LogP contribution in [0.25, 0.3) is 0 Å². The molecule has 0 aliphatic carbocycles. The third-order valence-electron chi connectivity index (χ3n) is 4.86. The molecule has 0 saturated carbocycles. The van der Waals surface area contributed by atoms with Gasteiger partial charge in [-0.1, -0.05) is 42.5 Å². The molecule has 0 aliphatic heterocycles. The predicted octanol–water partition coefficient (Wildman–Crippen LogP) is 4.14. The Balaban J connectivity index is 1.66. The van der Waals surface area contributed by atoms with E-state index in [-0.39, 0.29) is 0 Å². The lowest BCUT2D eigenvalue weighted by molar-refractivity contribution is -0.153. The van der Waals surface area contributed by atoms with E-state index in [9.17, 15) is 14.4 Å². The number of benzene rings is 3. The number of ether oxygens (including phenoxy) is 3. The van der Waals surface area contributed by atoms with Crippen molar-refractivity contribution in [3.05, 3.63) is 90.0 Å². The number of hydrogen-bond donors (Lipinski definition) is 2. The molecule has 8 nitrogen and oxygen atoms in total. The van der Waals surface area contributed by atoms with E-state index in [2.05, 4.69) is 10.6 Å². The molecule has 35 heavy (non-hydrogen) atoms. The largest absolute Gasteiger partial charge is 0.494 e. The van der Waals surface area contributed by atoms with Crippen molar-refractivity contribution in [2.75, 3.05) is 25.1 Å². The molecule has 1 atom stereocenters. The van der Waals surface area contributed by atoms with Gasteiger partial charge in [0.15, 0.2) is 0 Å². The number of esters is 1. The summed E-state index contributed by atoms with van der Waals surface area (Å²) in [4.78, 5) is 38.1. The molecule has 3 rings (SSSR count). The molecule has 2 N–H and O–H groups in total. The standard InChI is InChI=1S/C27H28N2O6/c1-3-33-21-16-14-20(15-17-21)26(31)28-18-24(30)35-25(19-10-6-5-7-11-19)27(32)29-22-12-8-9-13-23(22)34-4-2/h5-17,25H,3-4,18H2,1-2H3,(H,28,31)(H,29,32). The average Bonchev–Trinajstić information content (AvgIpc) is 2.88. The number of carbonyl (C=O) groups is 3. The van der Waals surface area contributed by atoms with Crippen molar-refractivity contribution in [1.82, 2.24) is 5.32 Å². The van der Waals surface area contributed by atoms with Gasteiger partial charge in [0.25, 0.3) is 11.8 Å². The molecule has 3 aromatic carbocycles. The van der Waals surface area contributed by atoms with Crippen molar-refractivity contribution in [3.8, 4) is 11.5 Å². The molecular formula is C27H28N2O6. The molecule has 0 radical (unpaired) electrons. The third kappa shape index (κ3) is 7.33. The van der Waals surface area contributed by atoms with E-state index in [4.69, 9.17) is 14.2 Å². The Morgan fingerprint density at radius 2 is 1.46 bits per heavy atom. The summed E-state index contributed by atoms with van der Waals surface area (Å²) in [6.07, 6.45) is -1.22. The van der Waals surface area contributed by atoms with Crippen LogP contribution >= 0.6 is 0 Å². The van der Waals surface area contributed by atoms with Crippen LogP contribution in [0.3, 0.4) is 0 Å². The second kappa shape index (κ2) is 12.8. The fraction of sp³-hybridized carbons (Fsp3) is 0.222. The Hall–Kier alpha value is -4.33. The number of para-hydroxylation sites is 2. The van der Waals surface area contributed by atoms with Crippen LogP contribution in [0.1, 0.15) is 35.9 Å². The van der Waals surface area contributed by atoms with Crippen LogP contribution in [-0.2, 0) is 14.3 Å². The van der Waals surface area contributed by atoms with Crippen molar-refractivity contribution >= 4 is 23.5 Å². The minimum Gasteiger partial charge on any atom is -0.494 e. The first kappa shape index (κ1) is 25.3. The van der Waals surface area contributed by atoms with E-state index in [1.54, 1.807) is 78.9 Å². The summed E-state index contributed by atoms with van der Waals surface area (Å²) in [6.45, 7) is 4.25. The number of rotatable bonds is 11. The van der Waals surface area contributed by atoms with E-state index in [0.29, 0.717) is 41.5 Å². The van der Waals surface area contributed by atoms with Gasteiger partial charge in [0.1, 0.15) is 18.0 Å². The van der Waals surface area contributed by atoms with Crippen molar-refractivity contribution < 1.29 is 28.6 Å². The first-order valence-electron chi connectivity index (χ1n) is 11.3. The minimum atomic E-state index is -1.22. The van der Waals surface area contributed by atoms with E-state index in [0.717, 1.165) is 0 Å². The lowest BCUT2D eigenvalue weighted by atomic mass is 10.1. The van der Waals surface area contributed by atoms with Gasteiger partial charge in [-0.15, -0.1) is 0 Å². The van der Waals surface area contributed by atoms with Gasteiger partial charge in [0, 0.05) is 11.1 Å². The Morgan fingerprint density at radius 3 is 2.14 bits per heavy atom. The summed E-state index contributed by atoms with van der Waals surface area (Å²) in [6, 6.07) is 22.2. The molecule has 0 fully saturated rings. The van der Waals surface area contributed by atoms with Crippen LogP contribution in [0.4, 0.5) is 5.69 Å². The quantitative estimate of drug-likeness (QED) is 0.403. The Bertz CT molecular complexity index is 1130. The van der Waals surface area contributed by atoms with Crippen LogP contribution in [-0.4, -0.2) is 37.5 Å². The summed E-state index contributed by atoms with van der Waals surface area (Å²) in [7, 11) is 0. The van der Waals surface area contributed by atoms with Crippen LogP contribution in [0.5, 0.6) is 11.5 Å². The lowest BCUT2D eigenvalue weighted by Crippen LogP contribution is -2.33. The second-order valence-corrected chi connectivity index (χ2v) is 7.34. The smallest absolute Gasteiger partial charge is 0.326 e. The molecule has 0 saturated heterocycles. The first-order valence-corrected chi connectivity index (χ1v) is 11.3. The Morgan fingerprint density at radius 1 is 0.800 bits per heavy atom. The Kier molecular flexibility index (Phi) is 9.24. The summed E-state index contributed by atoms with van der Waals surface area (Å²) < 4.78 is 16.4. The maximum Gasteiger partial charge on any atom is 0.326 e. The van der Waals surface area contributed by atoms with Gasteiger partial charge in [0.05, 0.1) is 18.9 Å². The van der Waals surface area contributed by atoms with Crippen molar-refractivity contribution in [1.29, 1.82) is 0 Å². The number of amides is 2. The number of carbonyl (C=O) groups excluding carboxylic acids is 3. The van der Waals surface area contributed by atoms with E-state index in [1.165, 1.54) is 0 Å². The van der Waals surface area contributed by atoms with Crippen molar-refractivity contribution in [2.24, 2.45) is 0 Å². The van der Waals surface area contributed by atoms with E-state index in [1.807, 2.05) is 13.8 Å². The highest BCUT2D eigenvalue weighted by molar-refractivity contribution is 5.98. The molecule has 0 aliphatic rings. The summed E-state index contributed by atoms with van der Waals surface area (Å²) in [5.74, 6) is -0.604. The van der Waals surface area contributed by atoms with Crippen LogP contribution < -0.4 is 20.1 Å². The zero-order valence-electron chi connectivity index (χ0n) is 19.7. The molecule has 3 aromatic rings. The zero-order chi connectivity index (χ0) is 25.0. The fourth-order valence-electron chi connectivity index (χ4n) is 3.25. The first-order chi connectivity index (χ1) is 17.0. The van der Waals surface area contributed by atoms with Gasteiger partial charge >= 0.3 is 5.97 Å². The van der Waals surface area contributed by atoms with Crippen molar-refractivity contribution in [2.45, 2.75) is 20.0 Å². The second-order valence-electron chi connectivity index (χ2n) is 7.34. The maximum atomic E-state index is 13.1. The zero-order valence-corrected chi connectivity index (χ0v) is 19.7. The topological polar surface area (TPSA) is 103 Å². The lowest BCUT2D eigenvalue weighted by Gasteiger charge is -2.19. The van der Waals surface area contributed by atoms with Crippen molar-refractivity contribution in [3.63, 3.8) is 0 Å². The predicted molar refractivity (Wildman–Crippen MR) is 131 cm³/mol. The van der Waals surface area contributed by atoms with Crippen LogP contribution in [0.15, 0.2) is 78.9 Å². The van der Waals surface area contributed by atoms with Gasteiger partial charge in [-0.05, 0) is 50.2 Å². The molecule has 0 spiro atoms. The molecule has 1 unspecified atom stereocenters. The Labute approximate surface area is 204 Å². The monoisotopic (exact) mass is 476 g/mol. The van der Waals surface area contributed by atoms with Crippen LogP contribution in [0.2, 0.25) is 0 Å². The van der Waals surface area contributed by atoms with E-state index >= 15 is 0 Å². The normalized spacial score (nSPS) is 11.1. The molecule has 182 valence electrons. The number of hydrogen-bond acceptors (Lipinski definition) is 6. The molecule has 0 aromatic heterocycles. The van der Waals surface area contributed by atoms with E-state index < -0.39 is 30.4 Å². The summed E-state index contributed by atoms with van der Waals surface area (Å²) in [5, 5.41) is 5.28. The number of nitrogens with one attached hydrogen (secondary N) is 2. The minimum absolute atomic E-state index is 0.367. The maximum absolute atomic E-state index is 13.1. The van der Waals surface area contributed by atoms with Gasteiger partial charge < -0.3 is 24.8 Å². The summed E-state index contributed by atoms with van der Waals surface area (Å²) in [5.41, 5.74) is 1.32. The highest BCUT2D eigenvalue weighted by Crippen LogP contribution is 2.26. The highest BCUT2D eigenvalue weighted by Gasteiger charge is 2.26. The molecule has 0 bridgehead atoms. The van der Waals surface area contributed by atoms with Gasteiger partial charge in [-0.25, -0.2) is 0 Å². The van der Waals surface area contributed by atoms with Gasteiger partial charge in [0.2, 0.25) is 6.10 Å². The highest BCUT2D eigenvalue weighted by atomic mass is 16.5. The molecule has 0 heterocycles. The molecule has 2 amide bonds.